The summed E-state index contributed by atoms with van der Waals surface area (Å²) in [6.45, 7) is 0.336. The molecule has 92 valence electrons. The number of likely N-dealkylation sites (N-methyl/N-ethyl adjacent to an activating group) is 1. The number of amides is 1. The summed E-state index contributed by atoms with van der Waals surface area (Å²) >= 11 is 0. The first-order valence-electron chi connectivity index (χ1n) is 6.27. The summed E-state index contributed by atoms with van der Waals surface area (Å²) in [5.74, 6) is -0.00352. The van der Waals surface area contributed by atoms with Crippen LogP contribution in [0.1, 0.15) is 11.1 Å². The molecule has 3 heteroatoms. The molecule has 0 fully saturated rings. The number of carbonyl (C=O) groups excluding carboxylic acids is 1. The molecule has 0 aliphatic heterocycles. The van der Waals surface area contributed by atoms with E-state index < -0.39 is 0 Å². The second kappa shape index (κ2) is 4.42. The van der Waals surface area contributed by atoms with Crippen LogP contribution in [-0.4, -0.2) is 19.5 Å². The van der Waals surface area contributed by atoms with Gasteiger partial charge in [-0.3, -0.25) is 4.79 Å². The van der Waals surface area contributed by atoms with Crippen LogP contribution in [0.4, 0.5) is 5.69 Å². The zero-order valence-corrected chi connectivity index (χ0v) is 10.4. The lowest BCUT2D eigenvalue weighted by Crippen LogP contribution is -2.25. The highest BCUT2D eigenvalue weighted by Gasteiger charge is 2.16. The summed E-state index contributed by atoms with van der Waals surface area (Å²) in [6, 6.07) is 10.5. The van der Waals surface area contributed by atoms with Crippen molar-refractivity contribution in [2.75, 3.05) is 18.9 Å². The van der Waals surface area contributed by atoms with E-state index in [2.05, 4.69) is 34.9 Å². The molecule has 2 aromatic carbocycles. The van der Waals surface area contributed by atoms with E-state index in [4.69, 9.17) is 0 Å². The van der Waals surface area contributed by atoms with Crippen LogP contribution in [0.25, 0.3) is 10.8 Å². The summed E-state index contributed by atoms with van der Waals surface area (Å²) in [4.78, 5) is 11.7. The van der Waals surface area contributed by atoms with Crippen molar-refractivity contribution in [3.63, 3.8) is 0 Å². The third kappa shape index (κ3) is 1.77. The molecule has 3 nitrogen and oxygen atoms in total. The van der Waals surface area contributed by atoms with Gasteiger partial charge in [-0.05, 0) is 42.5 Å². The predicted octanol–water partition coefficient (Wildman–Crippen LogP) is 2.10. The highest BCUT2D eigenvalue weighted by atomic mass is 16.1. The summed E-state index contributed by atoms with van der Waals surface area (Å²) < 4.78 is 0. The second-order valence-electron chi connectivity index (χ2n) is 4.69. The van der Waals surface area contributed by atoms with Crippen LogP contribution in [0.15, 0.2) is 30.3 Å². The minimum absolute atomic E-state index is 0.00352. The Morgan fingerprint density at radius 1 is 1.17 bits per heavy atom. The number of benzene rings is 2. The first-order valence-corrected chi connectivity index (χ1v) is 6.27. The zero-order valence-electron chi connectivity index (χ0n) is 10.4. The molecular formula is C15H16N2O. The van der Waals surface area contributed by atoms with Gasteiger partial charge in [-0.25, -0.2) is 0 Å². The van der Waals surface area contributed by atoms with Crippen molar-refractivity contribution in [2.24, 2.45) is 0 Å². The molecule has 0 heterocycles. The number of carbonyl (C=O) groups is 1. The lowest BCUT2D eigenvalue weighted by Gasteiger charge is -2.10. The second-order valence-corrected chi connectivity index (χ2v) is 4.69. The van der Waals surface area contributed by atoms with Gasteiger partial charge >= 0.3 is 0 Å². The van der Waals surface area contributed by atoms with Gasteiger partial charge < -0.3 is 10.6 Å². The highest BCUT2D eigenvalue weighted by molar-refractivity contribution is 6.05. The SMILES string of the molecule is CNCC(=O)Nc1ccc2c3c(cccc13)CC2. The van der Waals surface area contributed by atoms with E-state index in [1.807, 2.05) is 6.07 Å². The smallest absolute Gasteiger partial charge is 0.238 e. The van der Waals surface area contributed by atoms with Gasteiger partial charge in [-0.2, -0.15) is 0 Å². The van der Waals surface area contributed by atoms with Crippen molar-refractivity contribution >= 4 is 22.4 Å². The normalized spacial score (nSPS) is 12.9. The molecule has 2 N–H and O–H groups in total. The molecule has 0 unspecified atom stereocenters. The summed E-state index contributed by atoms with van der Waals surface area (Å²) in [5, 5.41) is 8.32. The molecule has 3 rings (SSSR count). The maximum Gasteiger partial charge on any atom is 0.238 e. The molecule has 1 aliphatic carbocycles. The fourth-order valence-corrected chi connectivity index (χ4v) is 2.71. The zero-order chi connectivity index (χ0) is 12.5. The summed E-state index contributed by atoms with van der Waals surface area (Å²) in [7, 11) is 1.77. The first kappa shape index (κ1) is 11.2. The number of aryl methyl sites for hydroxylation is 2. The molecule has 18 heavy (non-hydrogen) atoms. The topological polar surface area (TPSA) is 41.1 Å². The number of anilines is 1. The average Bonchev–Trinajstić information content (AvgIpc) is 2.78. The quantitative estimate of drug-likeness (QED) is 0.862. The van der Waals surface area contributed by atoms with Gasteiger partial charge in [0.25, 0.3) is 0 Å². The summed E-state index contributed by atoms with van der Waals surface area (Å²) in [6.07, 6.45) is 2.22. The maximum absolute atomic E-state index is 11.7. The Bertz CT molecular complexity index is 609. The van der Waals surface area contributed by atoms with Crippen LogP contribution < -0.4 is 10.6 Å². The van der Waals surface area contributed by atoms with Gasteiger partial charge in [0.2, 0.25) is 5.91 Å². The fraction of sp³-hybridized carbons (Fsp3) is 0.267. The molecule has 0 aromatic heterocycles. The highest BCUT2D eigenvalue weighted by Crippen LogP contribution is 2.34. The van der Waals surface area contributed by atoms with Crippen molar-refractivity contribution in [3.8, 4) is 0 Å². The van der Waals surface area contributed by atoms with Gasteiger partial charge in [0, 0.05) is 11.1 Å². The van der Waals surface area contributed by atoms with Gasteiger partial charge in [-0.1, -0.05) is 24.3 Å². The van der Waals surface area contributed by atoms with Crippen molar-refractivity contribution in [3.05, 3.63) is 41.5 Å². The molecule has 1 aliphatic rings. The third-order valence-corrected chi connectivity index (χ3v) is 3.49. The minimum Gasteiger partial charge on any atom is -0.324 e. The van der Waals surface area contributed by atoms with E-state index in [0.717, 1.165) is 23.9 Å². The van der Waals surface area contributed by atoms with Crippen molar-refractivity contribution in [1.29, 1.82) is 0 Å². The van der Waals surface area contributed by atoms with Crippen LogP contribution in [0, 0.1) is 0 Å². The van der Waals surface area contributed by atoms with E-state index >= 15 is 0 Å². The van der Waals surface area contributed by atoms with E-state index in [-0.39, 0.29) is 5.91 Å². The average molecular weight is 240 g/mol. The van der Waals surface area contributed by atoms with Crippen LogP contribution in [0.5, 0.6) is 0 Å². The largest absolute Gasteiger partial charge is 0.324 e. The van der Waals surface area contributed by atoms with Gasteiger partial charge in [-0.15, -0.1) is 0 Å². The van der Waals surface area contributed by atoms with Crippen LogP contribution in [-0.2, 0) is 17.6 Å². The lowest BCUT2D eigenvalue weighted by molar-refractivity contribution is -0.115. The monoisotopic (exact) mass is 240 g/mol. The fourth-order valence-electron chi connectivity index (χ4n) is 2.71. The third-order valence-electron chi connectivity index (χ3n) is 3.49. The number of hydrogen-bond acceptors (Lipinski definition) is 2. The number of hydrogen-bond donors (Lipinski definition) is 2. The molecule has 2 aromatic rings. The van der Waals surface area contributed by atoms with Crippen LogP contribution in [0.2, 0.25) is 0 Å². The number of nitrogens with one attached hydrogen (secondary N) is 2. The Kier molecular flexibility index (Phi) is 2.76. The summed E-state index contributed by atoms with van der Waals surface area (Å²) in [5.41, 5.74) is 3.71. The van der Waals surface area contributed by atoms with E-state index in [9.17, 15) is 4.79 Å². The van der Waals surface area contributed by atoms with Crippen LogP contribution >= 0.6 is 0 Å². The minimum atomic E-state index is -0.00352. The lowest BCUT2D eigenvalue weighted by atomic mass is 10.0. The maximum atomic E-state index is 11.7. The molecule has 0 spiro atoms. The Balaban J connectivity index is 2.06. The molecule has 1 amide bonds. The Labute approximate surface area is 106 Å². The van der Waals surface area contributed by atoms with Gasteiger partial charge in [0.15, 0.2) is 0 Å². The first-order chi connectivity index (χ1) is 8.79. The van der Waals surface area contributed by atoms with Gasteiger partial charge in [0.1, 0.15) is 0 Å². The standard InChI is InChI=1S/C15H16N2O/c1-16-9-14(18)17-13-8-7-11-6-5-10-3-2-4-12(13)15(10)11/h2-4,7-8,16H,5-6,9H2,1H3,(H,17,18). The van der Waals surface area contributed by atoms with E-state index in [0.29, 0.717) is 6.54 Å². The Morgan fingerprint density at radius 2 is 1.94 bits per heavy atom. The Hall–Kier alpha value is -1.87. The predicted molar refractivity (Wildman–Crippen MR) is 73.9 cm³/mol. The molecule has 0 saturated carbocycles. The van der Waals surface area contributed by atoms with Crippen molar-refractivity contribution < 1.29 is 4.79 Å². The molecule has 0 atom stereocenters. The van der Waals surface area contributed by atoms with E-state index in [1.165, 1.54) is 16.5 Å². The van der Waals surface area contributed by atoms with Crippen LogP contribution in [0.3, 0.4) is 0 Å². The van der Waals surface area contributed by atoms with Gasteiger partial charge in [0.05, 0.1) is 6.54 Å². The molecular weight excluding hydrogens is 224 g/mol. The number of rotatable bonds is 3. The van der Waals surface area contributed by atoms with Crippen molar-refractivity contribution in [2.45, 2.75) is 12.8 Å². The molecule has 0 saturated heterocycles. The molecule has 0 bridgehead atoms. The molecule has 0 radical (unpaired) electrons. The van der Waals surface area contributed by atoms with Crippen molar-refractivity contribution in [1.82, 2.24) is 5.32 Å². The Morgan fingerprint density at radius 3 is 2.72 bits per heavy atom. The van der Waals surface area contributed by atoms with E-state index in [1.54, 1.807) is 7.05 Å².